The number of halogens is 3. The van der Waals surface area contributed by atoms with Crippen LogP contribution < -0.4 is 0 Å². The molecule has 13 heavy (non-hydrogen) atoms. The zero-order chi connectivity index (χ0) is 10.1. The molecule has 0 radical (unpaired) electrons. The minimum atomic E-state index is -0.385. The Morgan fingerprint density at radius 2 is 2.15 bits per heavy atom. The van der Waals surface area contributed by atoms with E-state index in [1.807, 2.05) is 17.8 Å². The molecule has 0 aromatic rings. The second-order valence-electron chi connectivity index (χ2n) is 2.67. The summed E-state index contributed by atoms with van der Waals surface area (Å²) in [6, 6.07) is 0. The van der Waals surface area contributed by atoms with E-state index in [0.717, 1.165) is 10.8 Å². The van der Waals surface area contributed by atoms with Gasteiger partial charge < -0.3 is 0 Å². The van der Waals surface area contributed by atoms with Gasteiger partial charge in [-0.2, -0.15) is 11.8 Å². The SMILES string of the molecule is CCCCSC/C=C(\Cl)CC(Cl)Cl. The van der Waals surface area contributed by atoms with Gasteiger partial charge in [-0.05, 0) is 12.2 Å². The Balaban J connectivity index is 3.36. The molecule has 0 rings (SSSR count). The first kappa shape index (κ1) is 14.0. The molecule has 0 saturated carbocycles. The average molecular weight is 262 g/mol. The van der Waals surface area contributed by atoms with E-state index in [4.69, 9.17) is 34.8 Å². The van der Waals surface area contributed by atoms with E-state index in [1.165, 1.54) is 18.6 Å². The lowest BCUT2D eigenvalue weighted by atomic mass is 10.4. The van der Waals surface area contributed by atoms with Crippen molar-refractivity contribution in [3.8, 4) is 0 Å². The van der Waals surface area contributed by atoms with Gasteiger partial charge in [0.05, 0.1) is 0 Å². The van der Waals surface area contributed by atoms with Crippen LogP contribution in [0.1, 0.15) is 26.2 Å². The maximum atomic E-state index is 5.87. The molecule has 0 fully saturated rings. The van der Waals surface area contributed by atoms with Gasteiger partial charge in [0.25, 0.3) is 0 Å². The monoisotopic (exact) mass is 260 g/mol. The van der Waals surface area contributed by atoms with Crippen molar-refractivity contribution in [1.29, 1.82) is 0 Å². The molecule has 4 heteroatoms. The quantitative estimate of drug-likeness (QED) is 0.467. The molecule has 0 aliphatic carbocycles. The van der Waals surface area contributed by atoms with Gasteiger partial charge in [0, 0.05) is 17.2 Å². The van der Waals surface area contributed by atoms with Gasteiger partial charge in [0.15, 0.2) is 0 Å². The molecule has 0 aliphatic heterocycles. The predicted molar refractivity (Wildman–Crippen MR) is 66.3 cm³/mol. The molecule has 0 unspecified atom stereocenters. The van der Waals surface area contributed by atoms with Crippen LogP contribution in [-0.2, 0) is 0 Å². The maximum absolute atomic E-state index is 5.87. The zero-order valence-corrected chi connectivity index (χ0v) is 10.8. The van der Waals surface area contributed by atoms with Crippen LogP contribution in [0.3, 0.4) is 0 Å². The second kappa shape index (κ2) is 9.51. The van der Waals surface area contributed by atoms with Crippen LogP contribution in [0, 0.1) is 0 Å². The third-order valence-electron chi connectivity index (χ3n) is 1.41. The fourth-order valence-electron chi connectivity index (χ4n) is 0.710. The van der Waals surface area contributed by atoms with Crippen molar-refractivity contribution in [3.63, 3.8) is 0 Å². The number of hydrogen-bond acceptors (Lipinski definition) is 1. The number of alkyl halides is 2. The van der Waals surface area contributed by atoms with Gasteiger partial charge in [-0.1, -0.05) is 31.0 Å². The first-order valence-corrected chi connectivity index (χ1v) is 6.77. The highest BCUT2D eigenvalue weighted by Gasteiger charge is 2.00. The Morgan fingerprint density at radius 1 is 1.46 bits per heavy atom. The van der Waals surface area contributed by atoms with Crippen LogP contribution >= 0.6 is 46.6 Å². The molecule has 0 nitrogen and oxygen atoms in total. The lowest BCUT2D eigenvalue weighted by molar-refractivity contribution is 0.897. The van der Waals surface area contributed by atoms with E-state index in [2.05, 4.69) is 6.92 Å². The largest absolute Gasteiger partial charge is 0.158 e. The lowest BCUT2D eigenvalue weighted by Crippen LogP contribution is -1.87. The van der Waals surface area contributed by atoms with Crippen LogP contribution in [0.15, 0.2) is 11.1 Å². The second-order valence-corrected chi connectivity index (χ2v) is 5.59. The molecule has 0 heterocycles. The molecular formula is C9H15Cl3S. The fraction of sp³-hybridized carbons (Fsp3) is 0.778. The number of unbranched alkanes of at least 4 members (excludes halogenated alkanes) is 1. The van der Waals surface area contributed by atoms with Crippen LogP contribution in [-0.4, -0.2) is 16.3 Å². The van der Waals surface area contributed by atoms with Crippen molar-refractivity contribution < 1.29 is 0 Å². The third-order valence-corrected chi connectivity index (χ3v) is 3.01. The molecule has 0 aromatic heterocycles. The molecule has 0 spiro atoms. The van der Waals surface area contributed by atoms with E-state index in [-0.39, 0.29) is 4.84 Å². The Hall–Kier alpha value is 0.960. The van der Waals surface area contributed by atoms with E-state index in [0.29, 0.717) is 6.42 Å². The summed E-state index contributed by atoms with van der Waals surface area (Å²) in [4.78, 5) is -0.385. The Bertz CT molecular complexity index is 146. The molecule has 0 aliphatic rings. The molecule has 0 bridgehead atoms. The van der Waals surface area contributed by atoms with E-state index < -0.39 is 0 Å². The van der Waals surface area contributed by atoms with Crippen molar-refractivity contribution in [2.75, 3.05) is 11.5 Å². The van der Waals surface area contributed by atoms with Crippen LogP contribution in [0.4, 0.5) is 0 Å². The highest BCUT2D eigenvalue weighted by molar-refractivity contribution is 7.99. The lowest BCUT2D eigenvalue weighted by Gasteiger charge is -1.99. The predicted octanol–water partition coefficient (Wildman–Crippen LogP) is 4.84. The van der Waals surface area contributed by atoms with Gasteiger partial charge in [-0.15, -0.1) is 23.2 Å². The van der Waals surface area contributed by atoms with E-state index in [9.17, 15) is 0 Å². The molecular weight excluding hydrogens is 247 g/mol. The Labute approximate surface area is 100 Å². The van der Waals surface area contributed by atoms with Crippen molar-refractivity contribution in [2.45, 2.75) is 31.0 Å². The summed E-state index contributed by atoms with van der Waals surface area (Å²) in [6.07, 6.45) is 5.05. The van der Waals surface area contributed by atoms with Crippen LogP contribution in [0.25, 0.3) is 0 Å². The van der Waals surface area contributed by atoms with Crippen molar-refractivity contribution in [2.24, 2.45) is 0 Å². The van der Waals surface area contributed by atoms with Crippen LogP contribution in [0.2, 0.25) is 0 Å². The number of allylic oxidation sites excluding steroid dienone is 1. The molecule has 0 saturated heterocycles. The van der Waals surface area contributed by atoms with Crippen molar-refractivity contribution in [1.82, 2.24) is 0 Å². The molecule has 0 amide bonds. The smallest absolute Gasteiger partial charge is 0.112 e. The number of hydrogen-bond donors (Lipinski definition) is 0. The summed E-state index contributed by atoms with van der Waals surface area (Å²) >= 11 is 18.9. The normalized spacial score (nSPS) is 12.5. The van der Waals surface area contributed by atoms with Gasteiger partial charge in [-0.25, -0.2) is 0 Å². The minimum absolute atomic E-state index is 0.385. The third kappa shape index (κ3) is 10.9. The first-order valence-electron chi connectivity index (χ1n) is 4.37. The topological polar surface area (TPSA) is 0 Å². The van der Waals surface area contributed by atoms with Gasteiger partial charge in [-0.3, -0.25) is 0 Å². The Morgan fingerprint density at radius 3 is 2.69 bits per heavy atom. The summed E-state index contributed by atoms with van der Waals surface area (Å²) in [5.74, 6) is 2.15. The summed E-state index contributed by atoms with van der Waals surface area (Å²) in [7, 11) is 0. The van der Waals surface area contributed by atoms with Crippen molar-refractivity contribution >= 4 is 46.6 Å². The molecule has 78 valence electrons. The van der Waals surface area contributed by atoms with Crippen molar-refractivity contribution in [3.05, 3.63) is 11.1 Å². The van der Waals surface area contributed by atoms with E-state index >= 15 is 0 Å². The standard InChI is InChI=1S/C9H15Cl3S/c1-2-3-5-13-6-4-8(10)7-9(11)12/h4,9H,2-3,5-7H2,1H3/b8-4-. The molecule has 0 aromatic carbocycles. The first-order chi connectivity index (χ1) is 6.16. The zero-order valence-electron chi connectivity index (χ0n) is 7.73. The van der Waals surface area contributed by atoms with Gasteiger partial charge in [0.2, 0.25) is 0 Å². The Kier molecular flexibility index (Phi) is 10.2. The summed E-state index contributed by atoms with van der Waals surface area (Å²) < 4.78 is 0. The van der Waals surface area contributed by atoms with Gasteiger partial charge >= 0.3 is 0 Å². The van der Waals surface area contributed by atoms with Gasteiger partial charge in [0.1, 0.15) is 4.84 Å². The van der Waals surface area contributed by atoms with E-state index in [1.54, 1.807) is 0 Å². The number of thioether (sulfide) groups is 1. The van der Waals surface area contributed by atoms with Crippen LogP contribution in [0.5, 0.6) is 0 Å². The fourth-order valence-corrected chi connectivity index (χ4v) is 2.50. The minimum Gasteiger partial charge on any atom is -0.158 e. The highest BCUT2D eigenvalue weighted by atomic mass is 35.5. The molecule has 0 N–H and O–H groups in total. The maximum Gasteiger partial charge on any atom is 0.112 e. The summed E-state index contributed by atoms with van der Waals surface area (Å²) in [5.41, 5.74) is 0. The summed E-state index contributed by atoms with van der Waals surface area (Å²) in [5, 5.41) is 0.763. The highest BCUT2D eigenvalue weighted by Crippen LogP contribution is 2.18. The number of rotatable bonds is 7. The average Bonchev–Trinajstić information content (AvgIpc) is 2.02. The summed E-state index contributed by atoms with van der Waals surface area (Å²) in [6.45, 7) is 2.19. The molecule has 0 atom stereocenters.